The summed E-state index contributed by atoms with van der Waals surface area (Å²) in [5.41, 5.74) is 1.93. The molecule has 2 rings (SSSR count). The number of carbonyl (C=O) groups is 1. The molecule has 1 saturated heterocycles. The number of likely N-dealkylation sites (tertiary alicyclic amines) is 1. The average molecular weight is 310 g/mol. The van der Waals surface area contributed by atoms with Gasteiger partial charge in [0.05, 0.1) is 0 Å². The fraction of sp³-hybridized carbons (Fsp3) is 0.533. The topological polar surface area (TPSA) is 20.3 Å². The molecule has 0 saturated carbocycles. The van der Waals surface area contributed by atoms with E-state index in [1.54, 1.807) is 0 Å². The molecular weight excluding hydrogens is 290 g/mol. The first-order chi connectivity index (χ1) is 8.66. The minimum absolute atomic E-state index is 0.182. The van der Waals surface area contributed by atoms with Gasteiger partial charge in [-0.15, -0.1) is 0 Å². The number of benzene rings is 1. The molecule has 0 atom stereocenters. The second kappa shape index (κ2) is 6.37. The zero-order valence-corrected chi connectivity index (χ0v) is 12.5. The minimum Gasteiger partial charge on any atom is -0.339 e. The largest absolute Gasteiger partial charge is 0.339 e. The van der Waals surface area contributed by atoms with Crippen LogP contribution in [0.3, 0.4) is 0 Å². The Balaban J connectivity index is 2.13. The van der Waals surface area contributed by atoms with Crippen molar-refractivity contribution in [1.82, 2.24) is 4.90 Å². The van der Waals surface area contributed by atoms with Crippen molar-refractivity contribution in [3.05, 3.63) is 33.8 Å². The fourth-order valence-corrected chi connectivity index (χ4v) is 3.10. The first kappa shape index (κ1) is 13.6. The van der Waals surface area contributed by atoms with Crippen LogP contribution in [0, 0.1) is 6.92 Å². The molecule has 0 aromatic heterocycles. The summed E-state index contributed by atoms with van der Waals surface area (Å²) in [5, 5.41) is 0. The van der Waals surface area contributed by atoms with Crippen LogP contribution in [-0.4, -0.2) is 23.9 Å². The molecule has 0 spiro atoms. The molecule has 0 aliphatic carbocycles. The molecule has 18 heavy (non-hydrogen) atoms. The number of hydrogen-bond donors (Lipinski definition) is 0. The summed E-state index contributed by atoms with van der Waals surface area (Å²) in [6, 6.07) is 5.93. The first-order valence-electron chi connectivity index (χ1n) is 6.73. The predicted molar refractivity (Wildman–Crippen MR) is 77.9 cm³/mol. The summed E-state index contributed by atoms with van der Waals surface area (Å²) in [5.74, 6) is 0.182. The Bertz CT molecular complexity index is 402. The summed E-state index contributed by atoms with van der Waals surface area (Å²) >= 11 is 3.46. The van der Waals surface area contributed by atoms with Crippen LogP contribution in [0.15, 0.2) is 22.7 Å². The van der Waals surface area contributed by atoms with Gasteiger partial charge in [0.2, 0.25) is 0 Å². The van der Waals surface area contributed by atoms with E-state index in [9.17, 15) is 4.79 Å². The second-order valence-corrected chi connectivity index (χ2v) is 5.99. The van der Waals surface area contributed by atoms with Gasteiger partial charge in [-0.1, -0.05) is 35.2 Å². The lowest BCUT2D eigenvalue weighted by Crippen LogP contribution is -2.33. The summed E-state index contributed by atoms with van der Waals surface area (Å²) in [6.07, 6.45) is 6.10. The van der Waals surface area contributed by atoms with Gasteiger partial charge in [-0.3, -0.25) is 4.79 Å². The Hall–Kier alpha value is -0.830. The summed E-state index contributed by atoms with van der Waals surface area (Å²) in [7, 11) is 0. The highest BCUT2D eigenvalue weighted by Crippen LogP contribution is 2.18. The van der Waals surface area contributed by atoms with E-state index < -0.39 is 0 Å². The molecule has 0 radical (unpaired) electrons. The lowest BCUT2D eigenvalue weighted by Gasteiger charge is -2.25. The van der Waals surface area contributed by atoms with Crippen LogP contribution in [0.5, 0.6) is 0 Å². The Morgan fingerprint density at radius 1 is 1.06 bits per heavy atom. The van der Waals surface area contributed by atoms with Crippen LogP contribution >= 0.6 is 15.9 Å². The van der Waals surface area contributed by atoms with Crippen molar-refractivity contribution in [3.63, 3.8) is 0 Å². The van der Waals surface area contributed by atoms with E-state index in [1.807, 2.05) is 30.0 Å². The standard InChI is InChI=1S/C15H20BrNO/c1-12-9-13(11-14(16)10-12)15(18)17-7-5-3-2-4-6-8-17/h9-11H,2-8H2,1H3. The van der Waals surface area contributed by atoms with Crippen molar-refractivity contribution < 1.29 is 4.79 Å². The second-order valence-electron chi connectivity index (χ2n) is 5.08. The van der Waals surface area contributed by atoms with Gasteiger partial charge in [0.25, 0.3) is 5.91 Å². The van der Waals surface area contributed by atoms with Gasteiger partial charge in [-0.05, 0) is 43.5 Å². The predicted octanol–water partition coefficient (Wildman–Crippen LogP) is 4.16. The maximum absolute atomic E-state index is 12.5. The van der Waals surface area contributed by atoms with E-state index in [2.05, 4.69) is 15.9 Å². The van der Waals surface area contributed by atoms with Crippen LogP contribution in [0.1, 0.15) is 48.0 Å². The van der Waals surface area contributed by atoms with Gasteiger partial charge in [0.1, 0.15) is 0 Å². The zero-order chi connectivity index (χ0) is 13.0. The van der Waals surface area contributed by atoms with Crippen molar-refractivity contribution >= 4 is 21.8 Å². The third kappa shape index (κ3) is 3.58. The van der Waals surface area contributed by atoms with Gasteiger partial charge in [0.15, 0.2) is 0 Å². The quantitative estimate of drug-likeness (QED) is 0.762. The number of carbonyl (C=O) groups excluding carboxylic acids is 1. The van der Waals surface area contributed by atoms with Crippen molar-refractivity contribution in [2.24, 2.45) is 0 Å². The molecule has 1 aromatic carbocycles. The Labute approximate surface area is 117 Å². The third-order valence-electron chi connectivity index (χ3n) is 3.43. The van der Waals surface area contributed by atoms with Gasteiger partial charge in [-0.25, -0.2) is 0 Å². The molecule has 3 heteroatoms. The maximum Gasteiger partial charge on any atom is 0.253 e. The molecule has 1 amide bonds. The Morgan fingerprint density at radius 3 is 2.28 bits per heavy atom. The first-order valence-corrected chi connectivity index (χ1v) is 7.52. The minimum atomic E-state index is 0.182. The summed E-state index contributed by atoms with van der Waals surface area (Å²) in [6.45, 7) is 3.84. The SMILES string of the molecule is Cc1cc(Br)cc(C(=O)N2CCCCCCC2)c1. The molecular formula is C15H20BrNO. The van der Waals surface area contributed by atoms with Crippen LogP contribution in [0.25, 0.3) is 0 Å². The molecule has 98 valence electrons. The number of halogens is 1. The van der Waals surface area contributed by atoms with Crippen LogP contribution in [0.4, 0.5) is 0 Å². The number of rotatable bonds is 1. The molecule has 1 aliphatic rings. The highest BCUT2D eigenvalue weighted by atomic mass is 79.9. The van der Waals surface area contributed by atoms with Gasteiger partial charge < -0.3 is 4.90 Å². The van der Waals surface area contributed by atoms with Crippen LogP contribution in [-0.2, 0) is 0 Å². The molecule has 1 aliphatic heterocycles. The zero-order valence-electron chi connectivity index (χ0n) is 10.9. The van der Waals surface area contributed by atoms with Gasteiger partial charge in [-0.2, -0.15) is 0 Å². The van der Waals surface area contributed by atoms with Crippen molar-refractivity contribution in [2.45, 2.75) is 39.0 Å². The van der Waals surface area contributed by atoms with Crippen molar-refractivity contribution in [3.8, 4) is 0 Å². The highest BCUT2D eigenvalue weighted by molar-refractivity contribution is 9.10. The molecule has 1 aromatic rings. The average Bonchev–Trinajstić information content (AvgIpc) is 2.26. The number of nitrogens with zero attached hydrogens (tertiary/aromatic N) is 1. The van der Waals surface area contributed by atoms with E-state index in [-0.39, 0.29) is 5.91 Å². The Morgan fingerprint density at radius 2 is 1.67 bits per heavy atom. The lowest BCUT2D eigenvalue weighted by atomic mass is 10.1. The Kier molecular flexibility index (Phi) is 4.81. The van der Waals surface area contributed by atoms with Crippen LogP contribution in [0.2, 0.25) is 0 Å². The van der Waals surface area contributed by atoms with Gasteiger partial charge in [0, 0.05) is 23.1 Å². The number of aryl methyl sites for hydroxylation is 1. The number of amides is 1. The fourth-order valence-electron chi connectivity index (χ4n) is 2.49. The third-order valence-corrected chi connectivity index (χ3v) is 3.89. The van der Waals surface area contributed by atoms with E-state index in [0.717, 1.165) is 41.5 Å². The highest BCUT2D eigenvalue weighted by Gasteiger charge is 2.17. The molecule has 2 nitrogen and oxygen atoms in total. The van der Waals surface area contributed by atoms with Gasteiger partial charge >= 0.3 is 0 Å². The monoisotopic (exact) mass is 309 g/mol. The molecule has 1 fully saturated rings. The van der Waals surface area contributed by atoms with E-state index in [0.29, 0.717) is 0 Å². The van der Waals surface area contributed by atoms with E-state index >= 15 is 0 Å². The smallest absolute Gasteiger partial charge is 0.253 e. The number of hydrogen-bond acceptors (Lipinski definition) is 1. The molecule has 0 unspecified atom stereocenters. The normalized spacial score (nSPS) is 17.1. The summed E-state index contributed by atoms with van der Waals surface area (Å²) < 4.78 is 0.984. The van der Waals surface area contributed by atoms with Crippen LogP contribution < -0.4 is 0 Å². The van der Waals surface area contributed by atoms with Crippen molar-refractivity contribution in [2.75, 3.05) is 13.1 Å². The maximum atomic E-state index is 12.5. The van der Waals surface area contributed by atoms with Crippen molar-refractivity contribution in [1.29, 1.82) is 0 Å². The molecule has 0 bridgehead atoms. The molecule has 0 N–H and O–H groups in total. The van der Waals surface area contributed by atoms with E-state index in [1.165, 1.54) is 19.3 Å². The molecule has 1 heterocycles. The lowest BCUT2D eigenvalue weighted by molar-refractivity contribution is 0.0742. The summed E-state index contributed by atoms with van der Waals surface area (Å²) in [4.78, 5) is 14.5. The van der Waals surface area contributed by atoms with E-state index in [4.69, 9.17) is 0 Å².